The van der Waals surface area contributed by atoms with Gasteiger partial charge >= 0.3 is 0 Å². The predicted octanol–water partition coefficient (Wildman–Crippen LogP) is 3.58. The molecule has 0 bridgehead atoms. The number of hydrogen-bond acceptors (Lipinski definition) is 3. The van der Waals surface area contributed by atoms with Gasteiger partial charge in [0.2, 0.25) is 5.91 Å². The zero-order chi connectivity index (χ0) is 17.2. The van der Waals surface area contributed by atoms with Crippen molar-refractivity contribution in [2.75, 3.05) is 6.61 Å². The third-order valence-corrected chi connectivity index (χ3v) is 4.56. The van der Waals surface area contributed by atoms with Crippen LogP contribution in [0.4, 0.5) is 0 Å². The molecular weight excluding hydrogens is 326 g/mol. The summed E-state index contributed by atoms with van der Waals surface area (Å²) in [5.74, 6) is 0.423. The molecule has 2 aromatic carbocycles. The Bertz CT molecular complexity index is 731. The van der Waals surface area contributed by atoms with E-state index in [1.165, 1.54) is 0 Å². The summed E-state index contributed by atoms with van der Waals surface area (Å²) in [6, 6.07) is 14.6. The zero-order valence-electron chi connectivity index (χ0n) is 13.5. The second-order valence-electron chi connectivity index (χ2n) is 6.23. The van der Waals surface area contributed by atoms with E-state index >= 15 is 0 Å². The van der Waals surface area contributed by atoms with Crippen LogP contribution >= 0.6 is 11.6 Å². The molecule has 0 saturated carbocycles. The first-order valence-electron chi connectivity index (χ1n) is 7.96. The third-order valence-electron chi connectivity index (χ3n) is 4.26. The highest BCUT2D eigenvalue weighted by Crippen LogP contribution is 2.37. The molecule has 1 aliphatic heterocycles. The highest BCUT2D eigenvalue weighted by atomic mass is 35.5. The Labute approximate surface area is 146 Å². The van der Waals surface area contributed by atoms with Gasteiger partial charge in [-0.1, -0.05) is 54.1 Å². The molecule has 1 heterocycles. The molecule has 2 aromatic rings. The zero-order valence-corrected chi connectivity index (χ0v) is 14.2. The van der Waals surface area contributed by atoms with Crippen LogP contribution in [0.2, 0.25) is 5.02 Å². The molecule has 1 amide bonds. The van der Waals surface area contributed by atoms with Gasteiger partial charge in [0.15, 0.2) is 0 Å². The van der Waals surface area contributed by atoms with Gasteiger partial charge in [0.25, 0.3) is 0 Å². The van der Waals surface area contributed by atoms with Gasteiger partial charge in [0.1, 0.15) is 5.75 Å². The molecule has 3 rings (SSSR count). The van der Waals surface area contributed by atoms with E-state index in [-0.39, 0.29) is 18.4 Å². The molecule has 0 spiro atoms. The molecule has 5 heteroatoms. The second-order valence-corrected chi connectivity index (χ2v) is 6.64. The predicted molar refractivity (Wildman–Crippen MR) is 93.1 cm³/mol. The van der Waals surface area contributed by atoms with Crippen molar-refractivity contribution in [3.63, 3.8) is 0 Å². The molecule has 0 saturated heterocycles. The van der Waals surface area contributed by atoms with Gasteiger partial charge in [-0.15, -0.1) is 0 Å². The molecule has 0 radical (unpaired) electrons. The molecule has 4 nitrogen and oxygen atoms in total. The standard InChI is InChI=1S/C19H20ClNO3/c1-19(23,13-6-3-2-4-7-13)12-17(22)21-16-10-11-24-18-14(16)8-5-9-15(18)20/h2-9,16,23H,10-12H2,1H3,(H,21,22). The number of para-hydroxylation sites is 1. The molecular formula is C19H20ClNO3. The lowest BCUT2D eigenvalue weighted by Gasteiger charge is -2.29. The van der Waals surface area contributed by atoms with E-state index in [2.05, 4.69) is 5.32 Å². The quantitative estimate of drug-likeness (QED) is 0.890. The van der Waals surface area contributed by atoms with Crippen molar-refractivity contribution in [1.29, 1.82) is 0 Å². The highest BCUT2D eigenvalue weighted by molar-refractivity contribution is 6.32. The summed E-state index contributed by atoms with van der Waals surface area (Å²) in [6.07, 6.45) is 0.664. The van der Waals surface area contributed by atoms with Crippen molar-refractivity contribution >= 4 is 17.5 Å². The Morgan fingerprint density at radius 2 is 2.04 bits per heavy atom. The first kappa shape index (κ1) is 16.8. The topological polar surface area (TPSA) is 58.6 Å². The van der Waals surface area contributed by atoms with Gasteiger partial charge in [0.05, 0.1) is 29.7 Å². The van der Waals surface area contributed by atoms with E-state index in [9.17, 15) is 9.90 Å². The number of halogens is 1. The lowest BCUT2D eigenvalue weighted by atomic mass is 9.91. The Kier molecular flexibility index (Phi) is 4.78. The molecule has 24 heavy (non-hydrogen) atoms. The van der Waals surface area contributed by atoms with Crippen LogP contribution in [0.1, 0.15) is 36.9 Å². The van der Waals surface area contributed by atoms with Gasteiger partial charge in [0, 0.05) is 12.0 Å². The largest absolute Gasteiger partial charge is 0.492 e. The van der Waals surface area contributed by atoms with Crippen LogP contribution in [-0.4, -0.2) is 17.6 Å². The molecule has 2 unspecified atom stereocenters. The first-order chi connectivity index (χ1) is 11.5. The monoisotopic (exact) mass is 345 g/mol. The van der Waals surface area contributed by atoms with Gasteiger partial charge in [-0.25, -0.2) is 0 Å². The summed E-state index contributed by atoms with van der Waals surface area (Å²) in [4.78, 5) is 12.5. The number of carbonyl (C=O) groups is 1. The fraction of sp³-hybridized carbons (Fsp3) is 0.316. The highest BCUT2D eigenvalue weighted by Gasteiger charge is 2.29. The maximum absolute atomic E-state index is 12.5. The van der Waals surface area contributed by atoms with Crippen LogP contribution < -0.4 is 10.1 Å². The molecule has 0 fully saturated rings. The van der Waals surface area contributed by atoms with E-state index in [0.29, 0.717) is 23.8 Å². The minimum absolute atomic E-state index is 0.00965. The van der Waals surface area contributed by atoms with Crippen LogP contribution in [0.3, 0.4) is 0 Å². The van der Waals surface area contributed by atoms with E-state index in [0.717, 1.165) is 11.1 Å². The van der Waals surface area contributed by atoms with Crippen molar-refractivity contribution in [3.05, 3.63) is 64.7 Å². The average molecular weight is 346 g/mol. The Morgan fingerprint density at radius 1 is 1.29 bits per heavy atom. The number of benzene rings is 2. The van der Waals surface area contributed by atoms with E-state index in [1.54, 1.807) is 13.0 Å². The van der Waals surface area contributed by atoms with E-state index in [4.69, 9.17) is 16.3 Å². The van der Waals surface area contributed by atoms with Gasteiger partial charge in [-0.2, -0.15) is 0 Å². The summed E-state index contributed by atoms with van der Waals surface area (Å²) < 4.78 is 5.60. The van der Waals surface area contributed by atoms with Crippen LogP contribution in [0.25, 0.3) is 0 Å². The minimum Gasteiger partial charge on any atom is -0.492 e. The van der Waals surface area contributed by atoms with Crippen LogP contribution in [0.5, 0.6) is 5.75 Å². The van der Waals surface area contributed by atoms with E-state index in [1.807, 2.05) is 42.5 Å². The summed E-state index contributed by atoms with van der Waals surface area (Å²) in [6.45, 7) is 2.15. The number of rotatable bonds is 4. The van der Waals surface area contributed by atoms with Crippen LogP contribution in [-0.2, 0) is 10.4 Å². The molecule has 0 aliphatic carbocycles. The van der Waals surface area contributed by atoms with Crippen molar-refractivity contribution in [2.24, 2.45) is 0 Å². The Morgan fingerprint density at radius 3 is 2.79 bits per heavy atom. The fourth-order valence-corrected chi connectivity index (χ4v) is 3.23. The summed E-state index contributed by atoms with van der Waals surface area (Å²) in [5.41, 5.74) is 0.380. The lowest BCUT2D eigenvalue weighted by Crippen LogP contribution is -2.36. The van der Waals surface area contributed by atoms with Crippen LogP contribution in [0.15, 0.2) is 48.5 Å². The lowest BCUT2D eigenvalue weighted by molar-refractivity contribution is -0.126. The number of carbonyl (C=O) groups excluding carboxylic acids is 1. The van der Waals surface area contributed by atoms with Gasteiger partial charge in [-0.05, 0) is 18.6 Å². The summed E-state index contributed by atoms with van der Waals surface area (Å²) in [5, 5.41) is 14.2. The number of ether oxygens (including phenoxy) is 1. The number of fused-ring (bicyclic) bond motifs is 1. The molecule has 126 valence electrons. The first-order valence-corrected chi connectivity index (χ1v) is 8.33. The number of nitrogens with one attached hydrogen (secondary N) is 1. The van der Waals surface area contributed by atoms with Crippen molar-refractivity contribution in [2.45, 2.75) is 31.4 Å². The van der Waals surface area contributed by atoms with Crippen molar-refractivity contribution in [1.82, 2.24) is 5.32 Å². The summed E-state index contributed by atoms with van der Waals surface area (Å²) >= 11 is 6.15. The third kappa shape index (κ3) is 3.55. The van der Waals surface area contributed by atoms with Crippen LogP contribution in [0, 0.1) is 0 Å². The fourth-order valence-electron chi connectivity index (χ4n) is 2.99. The second kappa shape index (κ2) is 6.83. The maximum atomic E-state index is 12.5. The summed E-state index contributed by atoms with van der Waals surface area (Å²) in [7, 11) is 0. The molecule has 2 N–H and O–H groups in total. The molecule has 0 aromatic heterocycles. The maximum Gasteiger partial charge on any atom is 0.223 e. The normalized spacial score (nSPS) is 18.9. The average Bonchev–Trinajstić information content (AvgIpc) is 2.56. The number of amides is 1. The van der Waals surface area contributed by atoms with Crippen molar-refractivity contribution in [3.8, 4) is 5.75 Å². The molecule has 1 aliphatic rings. The van der Waals surface area contributed by atoms with Gasteiger partial charge < -0.3 is 15.2 Å². The Balaban J connectivity index is 1.72. The Hall–Kier alpha value is -2.04. The van der Waals surface area contributed by atoms with Gasteiger partial charge in [-0.3, -0.25) is 4.79 Å². The van der Waals surface area contributed by atoms with Crippen molar-refractivity contribution < 1.29 is 14.6 Å². The smallest absolute Gasteiger partial charge is 0.223 e. The van der Waals surface area contributed by atoms with E-state index < -0.39 is 5.60 Å². The minimum atomic E-state index is -1.21. The SMILES string of the molecule is CC(O)(CC(=O)NC1CCOc2c(Cl)cccc21)c1ccccc1. The number of hydrogen-bond donors (Lipinski definition) is 2. The number of aliphatic hydroxyl groups is 1. The molecule has 2 atom stereocenters.